The van der Waals surface area contributed by atoms with Gasteiger partial charge in [-0.25, -0.2) is 4.98 Å². The number of hydrogen-bond acceptors (Lipinski definition) is 3. The predicted molar refractivity (Wildman–Crippen MR) is 74.3 cm³/mol. The summed E-state index contributed by atoms with van der Waals surface area (Å²) in [5, 5.41) is 4.57. The zero-order valence-corrected chi connectivity index (χ0v) is 11.2. The van der Waals surface area contributed by atoms with Gasteiger partial charge in [-0.2, -0.15) is 0 Å². The van der Waals surface area contributed by atoms with Crippen molar-refractivity contribution < 1.29 is 0 Å². The van der Waals surface area contributed by atoms with E-state index in [-0.39, 0.29) is 0 Å². The summed E-state index contributed by atoms with van der Waals surface area (Å²) >= 11 is 1.79. The summed E-state index contributed by atoms with van der Waals surface area (Å²) in [5.74, 6) is 0. The molecule has 0 unspecified atom stereocenters. The van der Waals surface area contributed by atoms with Gasteiger partial charge in [0.1, 0.15) is 5.01 Å². The second-order valence-electron chi connectivity index (χ2n) is 4.06. The van der Waals surface area contributed by atoms with E-state index < -0.39 is 0 Å². The van der Waals surface area contributed by atoms with Gasteiger partial charge >= 0.3 is 0 Å². The highest BCUT2D eigenvalue weighted by atomic mass is 32.1. The fourth-order valence-electron chi connectivity index (χ4n) is 1.76. The van der Waals surface area contributed by atoms with Gasteiger partial charge < -0.3 is 5.32 Å². The molecule has 1 heterocycles. The van der Waals surface area contributed by atoms with E-state index in [1.54, 1.807) is 11.3 Å². The van der Waals surface area contributed by atoms with Gasteiger partial charge in [0.25, 0.3) is 0 Å². The molecule has 0 saturated heterocycles. The second-order valence-corrected chi connectivity index (χ2v) is 5.15. The lowest BCUT2D eigenvalue weighted by Crippen LogP contribution is -2.13. The number of rotatable bonds is 5. The van der Waals surface area contributed by atoms with Crippen molar-refractivity contribution in [3.63, 3.8) is 0 Å². The van der Waals surface area contributed by atoms with Crippen LogP contribution in [0.1, 0.15) is 24.0 Å². The molecule has 0 saturated carbocycles. The van der Waals surface area contributed by atoms with Crippen LogP contribution in [-0.2, 0) is 6.54 Å². The highest BCUT2D eigenvalue weighted by molar-refractivity contribution is 7.15. The van der Waals surface area contributed by atoms with Crippen LogP contribution in [0.2, 0.25) is 0 Å². The Morgan fingerprint density at radius 1 is 1.24 bits per heavy atom. The summed E-state index contributed by atoms with van der Waals surface area (Å²) in [4.78, 5) is 5.91. The van der Waals surface area contributed by atoms with E-state index in [9.17, 15) is 0 Å². The molecule has 3 heteroatoms. The molecule has 0 aliphatic rings. The first kappa shape index (κ1) is 12.3. The fraction of sp³-hybridized carbons (Fsp3) is 0.357. The molecule has 0 fully saturated rings. The minimum absolute atomic E-state index is 0.881. The van der Waals surface area contributed by atoms with Crippen LogP contribution in [0.4, 0.5) is 0 Å². The lowest BCUT2D eigenvalue weighted by Gasteiger charge is -1.98. The molecule has 0 aliphatic carbocycles. The van der Waals surface area contributed by atoms with Crippen LogP contribution in [0.3, 0.4) is 0 Å². The topological polar surface area (TPSA) is 24.9 Å². The third-order valence-electron chi connectivity index (χ3n) is 2.58. The molecule has 2 nitrogen and oxygen atoms in total. The first-order valence-electron chi connectivity index (χ1n) is 6.03. The third-order valence-corrected chi connectivity index (χ3v) is 3.79. The maximum Gasteiger partial charge on any atom is 0.107 e. The van der Waals surface area contributed by atoms with Crippen LogP contribution in [0, 0.1) is 6.92 Å². The molecule has 0 amide bonds. The van der Waals surface area contributed by atoms with Gasteiger partial charge in [0.2, 0.25) is 0 Å². The van der Waals surface area contributed by atoms with Crippen molar-refractivity contribution in [1.29, 1.82) is 0 Å². The number of aromatic nitrogens is 1. The molecule has 2 aromatic rings. The summed E-state index contributed by atoms with van der Waals surface area (Å²) in [6.07, 6.45) is 1.16. The maximum absolute atomic E-state index is 4.61. The summed E-state index contributed by atoms with van der Waals surface area (Å²) in [7, 11) is 0. The van der Waals surface area contributed by atoms with Crippen LogP contribution in [-0.4, -0.2) is 11.5 Å². The standard InChI is InChI=1S/C14H18N2S/c1-3-9-15-10-13-16-11(2)14(17-13)12-7-5-4-6-8-12/h4-8,15H,3,9-10H2,1-2H3. The quantitative estimate of drug-likeness (QED) is 0.815. The first-order valence-corrected chi connectivity index (χ1v) is 6.85. The normalized spacial score (nSPS) is 10.7. The minimum Gasteiger partial charge on any atom is -0.310 e. The first-order chi connectivity index (χ1) is 8.31. The molecule has 0 radical (unpaired) electrons. The van der Waals surface area contributed by atoms with Crippen LogP contribution in [0.25, 0.3) is 10.4 Å². The highest BCUT2D eigenvalue weighted by Crippen LogP contribution is 2.29. The molecule has 1 aromatic heterocycles. The van der Waals surface area contributed by atoms with Gasteiger partial charge in [-0.05, 0) is 25.5 Å². The smallest absolute Gasteiger partial charge is 0.107 e. The zero-order chi connectivity index (χ0) is 12.1. The molecule has 0 spiro atoms. The van der Waals surface area contributed by atoms with Crippen LogP contribution < -0.4 is 5.32 Å². The second kappa shape index (κ2) is 5.94. The molecule has 1 aromatic carbocycles. The molecular weight excluding hydrogens is 228 g/mol. The van der Waals surface area contributed by atoms with Gasteiger partial charge in [0.15, 0.2) is 0 Å². The van der Waals surface area contributed by atoms with Crippen LogP contribution >= 0.6 is 11.3 Å². The van der Waals surface area contributed by atoms with Crippen molar-refractivity contribution in [2.45, 2.75) is 26.8 Å². The summed E-state index contributed by atoms with van der Waals surface area (Å²) in [5.41, 5.74) is 2.40. The molecule has 1 N–H and O–H groups in total. The van der Waals surface area contributed by atoms with E-state index in [1.807, 2.05) is 6.07 Å². The predicted octanol–water partition coefficient (Wildman–Crippen LogP) is 3.62. The van der Waals surface area contributed by atoms with E-state index in [0.717, 1.165) is 25.2 Å². The Balaban J connectivity index is 2.14. The Labute approximate surface area is 107 Å². The monoisotopic (exact) mass is 246 g/mol. The number of benzene rings is 1. The van der Waals surface area contributed by atoms with Crippen molar-refractivity contribution in [3.8, 4) is 10.4 Å². The van der Waals surface area contributed by atoms with Gasteiger partial charge in [-0.15, -0.1) is 11.3 Å². The molecule has 0 aliphatic heterocycles. The van der Waals surface area contributed by atoms with Crippen molar-refractivity contribution in [2.75, 3.05) is 6.54 Å². The zero-order valence-electron chi connectivity index (χ0n) is 10.4. The average molecular weight is 246 g/mol. The molecule has 0 atom stereocenters. The Kier molecular flexibility index (Phi) is 4.29. The van der Waals surface area contributed by atoms with Crippen molar-refractivity contribution in [2.24, 2.45) is 0 Å². The highest BCUT2D eigenvalue weighted by Gasteiger charge is 2.08. The fourth-order valence-corrected chi connectivity index (χ4v) is 2.80. The van der Waals surface area contributed by atoms with Gasteiger partial charge in [0, 0.05) is 6.54 Å². The van der Waals surface area contributed by atoms with E-state index in [0.29, 0.717) is 0 Å². The van der Waals surface area contributed by atoms with Gasteiger partial charge in [0.05, 0.1) is 10.6 Å². The molecule has 90 valence electrons. The Hall–Kier alpha value is -1.19. The largest absolute Gasteiger partial charge is 0.310 e. The summed E-state index contributed by atoms with van der Waals surface area (Å²) in [6, 6.07) is 10.5. The number of nitrogens with one attached hydrogen (secondary N) is 1. The Bertz CT molecular complexity index is 462. The molecule has 0 bridgehead atoms. The number of nitrogens with zero attached hydrogens (tertiary/aromatic N) is 1. The Morgan fingerprint density at radius 3 is 2.71 bits per heavy atom. The van der Waals surface area contributed by atoms with Gasteiger partial charge in [-0.1, -0.05) is 37.3 Å². The third kappa shape index (κ3) is 3.14. The summed E-state index contributed by atoms with van der Waals surface area (Å²) in [6.45, 7) is 6.20. The van der Waals surface area contributed by atoms with E-state index in [1.165, 1.54) is 15.4 Å². The summed E-state index contributed by atoms with van der Waals surface area (Å²) < 4.78 is 0. The number of hydrogen-bond donors (Lipinski definition) is 1. The lowest BCUT2D eigenvalue weighted by molar-refractivity contribution is 0.672. The van der Waals surface area contributed by atoms with Crippen LogP contribution in [0.15, 0.2) is 30.3 Å². The van der Waals surface area contributed by atoms with Crippen molar-refractivity contribution in [1.82, 2.24) is 10.3 Å². The lowest BCUT2D eigenvalue weighted by atomic mass is 10.2. The average Bonchev–Trinajstić information content (AvgIpc) is 2.72. The molecule has 17 heavy (non-hydrogen) atoms. The van der Waals surface area contributed by atoms with Crippen molar-refractivity contribution in [3.05, 3.63) is 41.0 Å². The SMILES string of the molecule is CCCNCc1nc(C)c(-c2ccccc2)s1. The van der Waals surface area contributed by atoms with E-state index in [4.69, 9.17) is 0 Å². The number of aryl methyl sites for hydroxylation is 1. The molecule has 2 rings (SSSR count). The van der Waals surface area contributed by atoms with E-state index in [2.05, 4.69) is 48.4 Å². The van der Waals surface area contributed by atoms with Crippen LogP contribution in [0.5, 0.6) is 0 Å². The van der Waals surface area contributed by atoms with Crippen molar-refractivity contribution >= 4 is 11.3 Å². The molecular formula is C14H18N2S. The maximum atomic E-state index is 4.61. The number of thiazole rings is 1. The van der Waals surface area contributed by atoms with Gasteiger partial charge in [-0.3, -0.25) is 0 Å². The van der Waals surface area contributed by atoms with E-state index >= 15 is 0 Å². The Morgan fingerprint density at radius 2 is 2.00 bits per heavy atom. The minimum atomic E-state index is 0.881.